The Hall–Kier alpha value is -3.98. The molecule has 1 heterocycles. The number of hydrogen-bond donors (Lipinski definition) is 0. The Balaban J connectivity index is 1.85. The number of aromatic nitrogens is 1. The van der Waals surface area contributed by atoms with Crippen molar-refractivity contribution < 1.29 is 28.5 Å². The third-order valence-corrected chi connectivity index (χ3v) is 6.89. The smallest absolute Gasteiger partial charge is 0.254 e. The number of rotatable bonds is 16. The largest absolute Gasteiger partial charge is 0.493 e. The highest BCUT2D eigenvalue weighted by atomic mass is 16.5. The molecule has 0 N–H and O–H groups in total. The van der Waals surface area contributed by atoms with Crippen LogP contribution in [0.1, 0.15) is 41.9 Å². The summed E-state index contributed by atoms with van der Waals surface area (Å²) in [7, 11) is 6.14. The molecule has 0 bridgehead atoms. The van der Waals surface area contributed by atoms with Crippen LogP contribution in [0.3, 0.4) is 0 Å². The predicted octanol–water partition coefficient (Wildman–Crippen LogP) is 4.73. The molecule has 0 spiro atoms. The Morgan fingerprint density at radius 3 is 2.12 bits per heavy atom. The van der Waals surface area contributed by atoms with Gasteiger partial charge < -0.3 is 33.3 Å². The maximum atomic E-state index is 13.8. The molecule has 0 fully saturated rings. The minimum Gasteiger partial charge on any atom is -0.493 e. The third kappa shape index (κ3) is 8.75. The van der Waals surface area contributed by atoms with Gasteiger partial charge >= 0.3 is 0 Å². The van der Waals surface area contributed by atoms with E-state index in [0.717, 1.165) is 12.1 Å². The molecule has 41 heavy (non-hydrogen) atoms. The SMILES string of the molecule is COCCN(Cc1cccn1Cc1ccccc1)C(=O)CN(CCC(C)C)C(=O)c1cc(OC)c(OC)c(OC)c1. The van der Waals surface area contributed by atoms with Gasteiger partial charge in [0.25, 0.3) is 5.91 Å². The first kappa shape index (κ1) is 31.5. The maximum absolute atomic E-state index is 13.8. The molecule has 0 radical (unpaired) electrons. The molecular formula is C32H43N3O6. The van der Waals surface area contributed by atoms with Gasteiger partial charge in [-0.3, -0.25) is 9.59 Å². The van der Waals surface area contributed by atoms with E-state index in [1.807, 2.05) is 36.5 Å². The molecule has 2 aromatic carbocycles. The van der Waals surface area contributed by atoms with Gasteiger partial charge in [0.05, 0.1) is 34.5 Å². The number of carbonyl (C=O) groups excluding carboxylic acids is 2. The summed E-state index contributed by atoms with van der Waals surface area (Å²) in [5, 5.41) is 0. The number of carbonyl (C=O) groups is 2. The lowest BCUT2D eigenvalue weighted by atomic mass is 10.1. The van der Waals surface area contributed by atoms with Crippen LogP contribution in [-0.2, 0) is 22.6 Å². The van der Waals surface area contributed by atoms with Gasteiger partial charge in [-0.1, -0.05) is 44.2 Å². The minimum atomic E-state index is -0.280. The predicted molar refractivity (Wildman–Crippen MR) is 159 cm³/mol. The molecule has 9 nitrogen and oxygen atoms in total. The quantitative estimate of drug-likeness (QED) is 0.250. The zero-order valence-electron chi connectivity index (χ0n) is 25.1. The van der Waals surface area contributed by atoms with Crippen molar-refractivity contribution in [1.82, 2.24) is 14.4 Å². The Morgan fingerprint density at radius 1 is 0.854 bits per heavy atom. The number of benzene rings is 2. The fourth-order valence-electron chi connectivity index (χ4n) is 4.53. The molecule has 3 aromatic rings. The molecule has 1 aromatic heterocycles. The summed E-state index contributed by atoms with van der Waals surface area (Å²) in [5.41, 5.74) is 2.54. The first-order chi connectivity index (χ1) is 19.8. The van der Waals surface area contributed by atoms with Crippen molar-refractivity contribution in [2.45, 2.75) is 33.4 Å². The number of amides is 2. The molecule has 0 aliphatic rings. The highest BCUT2D eigenvalue weighted by Crippen LogP contribution is 2.38. The van der Waals surface area contributed by atoms with Crippen LogP contribution in [0.15, 0.2) is 60.8 Å². The van der Waals surface area contributed by atoms with Crippen molar-refractivity contribution in [3.05, 3.63) is 77.6 Å². The summed E-state index contributed by atoms with van der Waals surface area (Å²) in [5.74, 6) is 1.08. The molecule has 9 heteroatoms. The second kappa shape index (κ2) is 15.7. The Labute approximate surface area is 243 Å². The van der Waals surface area contributed by atoms with Crippen LogP contribution < -0.4 is 14.2 Å². The van der Waals surface area contributed by atoms with Crippen molar-refractivity contribution in [1.29, 1.82) is 0 Å². The fraction of sp³-hybridized carbons (Fsp3) is 0.438. The van der Waals surface area contributed by atoms with Crippen molar-refractivity contribution in [3.8, 4) is 17.2 Å². The molecule has 3 rings (SSSR count). The second-order valence-corrected chi connectivity index (χ2v) is 10.2. The molecule has 0 atom stereocenters. The summed E-state index contributed by atoms with van der Waals surface area (Å²) in [4.78, 5) is 31.0. The van der Waals surface area contributed by atoms with E-state index in [-0.39, 0.29) is 18.4 Å². The lowest BCUT2D eigenvalue weighted by Gasteiger charge is -2.29. The molecular weight excluding hydrogens is 522 g/mol. The van der Waals surface area contributed by atoms with Crippen molar-refractivity contribution in [2.75, 3.05) is 54.7 Å². The van der Waals surface area contributed by atoms with Crippen LogP contribution in [0.4, 0.5) is 0 Å². The van der Waals surface area contributed by atoms with Gasteiger partial charge in [0, 0.05) is 44.2 Å². The lowest BCUT2D eigenvalue weighted by molar-refractivity contribution is -0.133. The van der Waals surface area contributed by atoms with E-state index in [0.29, 0.717) is 61.5 Å². The van der Waals surface area contributed by atoms with E-state index in [2.05, 4.69) is 30.5 Å². The Kier molecular flexibility index (Phi) is 12.1. The zero-order valence-corrected chi connectivity index (χ0v) is 25.1. The first-order valence-electron chi connectivity index (χ1n) is 13.8. The summed E-state index contributed by atoms with van der Waals surface area (Å²) < 4.78 is 23.8. The van der Waals surface area contributed by atoms with E-state index in [1.54, 1.807) is 29.0 Å². The van der Waals surface area contributed by atoms with Crippen LogP contribution in [0.25, 0.3) is 0 Å². The average Bonchev–Trinajstić information content (AvgIpc) is 3.42. The summed E-state index contributed by atoms with van der Waals surface area (Å²) in [6.07, 6.45) is 2.77. The van der Waals surface area contributed by atoms with Gasteiger partial charge in [0.15, 0.2) is 11.5 Å². The second-order valence-electron chi connectivity index (χ2n) is 10.2. The minimum absolute atomic E-state index is 0.0642. The normalized spacial score (nSPS) is 10.9. The molecule has 2 amide bonds. The molecule has 0 unspecified atom stereocenters. The van der Waals surface area contributed by atoms with Gasteiger partial charge in [-0.25, -0.2) is 0 Å². The number of methoxy groups -OCH3 is 4. The number of ether oxygens (including phenoxy) is 4. The number of nitrogens with zero attached hydrogens (tertiary/aromatic N) is 3. The zero-order chi connectivity index (χ0) is 29.8. The van der Waals surface area contributed by atoms with Gasteiger partial charge in [-0.05, 0) is 42.2 Å². The van der Waals surface area contributed by atoms with E-state index < -0.39 is 0 Å². The molecule has 0 saturated heterocycles. The highest BCUT2D eigenvalue weighted by molar-refractivity contribution is 5.97. The summed E-state index contributed by atoms with van der Waals surface area (Å²) >= 11 is 0. The van der Waals surface area contributed by atoms with Crippen molar-refractivity contribution in [3.63, 3.8) is 0 Å². The topological polar surface area (TPSA) is 82.5 Å². The fourth-order valence-corrected chi connectivity index (χ4v) is 4.53. The van der Waals surface area contributed by atoms with Gasteiger partial charge in [0.2, 0.25) is 11.7 Å². The standard InChI is InChI=1S/C32H43N3O6/c1-24(2)14-16-35(32(37)26-19-28(39-4)31(41-6)29(20-26)40-5)23-30(36)34(17-18-38-3)22-27-13-10-15-33(27)21-25-11-8-7-9-12-25/h7-13,15,19-20,24H,14,16-18,21-23H2,1-6H3. The average molecular weight is 566 g/mol. The van der Waals surface area contributed by atoms with Crippen LogP contribution in [0.2, 0.25) is 0 Å². The molecule has 0 aliphatic heterocycles. The van der Waals surface area contributed by atoms with E-state index in [1.165, 1.54) is 26.9 Å². The summed E-state index contributed by atoms with van der Waals surface area (Å²) in [6, 6.07) is 17.4. The van der Waals surface area contributed by atoms with E-state index in [9.17, 15) is 9.59 Å². The van der Waals surface area contributed by atoms with Gasteiger partial charge in [-0.15, -0.1) is 0 Å². The lowest BCUT2D eigenvalue weighted by Crippen LogP contribution is -2.44. The van der Waals surface area contributed by atoms with Crippen LogP contribution in [-0.4, -0.2) is 80.9 Å². The highest BCUT2D eigenvalue weighted by Gasteiger charge is 2.25. The maximum Gasteiger partial charge on any atom is 0.254 e. The van der Waals surface area contributed by atoms with E-state index >= 15 is 0 Å². The van der Waals surface area contributed by atoms with Crippen molar-refractivity contribution >= 4 is 11.8 Å². The summed E-state index contributed by atoms with van der Waals surface area (Å²) in [6.45, 7) is 6.45. The van der Waals surface area contributed by atoms with Gasteiger partial charge in [-0.2, -0.15) is 0 Å². The van der Waals surface area contributed by atoms with E-state index in [4.69, 9.17) is 18.9 Å². The van der Waals surface area contributed by atoms with Crippen LogP contribution in [0.5, 0.6) is 17.2 Å². The molecule has 0 aliphatic carbocycles. The molecule has 222 valence electrons. The molecule has 0 saturated carbocycles. The first-order valence-corrected chi connectivity index (χ1v) is 13.8. The van der Waals surface area contributed by atoms with Crippen LogP contribution >= 0.6 is 0 Å². The number of hydrogen-bond acceptors (Lipinski definition) is 6. The van der Waals surface area contributed by atoms with Crippen LogP contribution in [0, 0.1) is 5.92 Å². The monoisotopic (exact) mass is 565 g/mol. The van der Waals surface area contributed by atoms with Gasteiger partial charge in [0.1, 0.15) is 6.54 Å². The Morgan fingerprint density at radius 2 is 1.54 bits per heavy atom. The Bertz CT molecular complexity index is 1230. The third-order valence-electron chi connectivity index (χ3n) is 6.89. The van der Waals surface area contributed by atoms with Crippen molar-refractivity contribution in [2.24, 2.45) is 5.92 Å².